The Morgan fingerprint density at radius 2 is 0.980 bits per heavy atom. The average molecular weight is 628 g/mol. The molecule has 0 fully saturated rings. The van der Waals surface area contributed by atoms with Gasteiger partial charge in [0.2, 0.25) is 0 Å². The number of rotatable bonds is 4. The zero-order valence-electron chi connectivity index (χ0n) is 31.3. The van der Waals surface area contributed by atoms with Gasteiger partial charge in [-0.3, -0.25) is 0 Å². The van der Waals surface area contributed by atoms with Crippen molar-refractivity contribution >= 4 is 54.3 Å². The van der Waals surface area contributed by atoms with Crippen LogP contribution in [0.15, 0.2) is 186 Å². The fourth-order valence-electron chi connectivity index (χ4n) is 7.61. The van der Waals surface area contributed by atoms with Crippen molar-refractivity contribution in [2.45, 2.75) is 0 Å². The molecule has 0 aliphatic carbocycles. The van der Waals surface area contributed by atoms with Crippen LogP contribution in [0.4, 0.5) is 0 Å². The highest BCUT2D eigenvalue weighted by atomic mass is 16.3. The van der Waals surface area contributed by atoms with Gasteiger partial charge in [-0.15, -0.1) is 0 Å². The molecule has 0 atom stereocenters. The van der Waals surface area contributed by atoms with E-state index in [-0.39, 0.29) is 29.7 Å². The molecule has 1 nitrogen and oxygen atoms in total. The Hall–Kier alpha value is -6.44. The maximum Gasteiger partial charge on any atom is 0.136 e. The summed E-state index contributed by atoms with van der Waals surface area (Å²) < 4.78 is 48.0. The van der Waals surface area contributed by atoms with E-state index in [0.717, 1.165) is 49.0 Å². The molecule has 0 N–H and O–H groups in total. The second-order valence-electron chi connectivity index (χ2n) is 12.4. The van der Waals surface area contributed by atoms with Crippen LogP contribution in [0.5, 0.6) is 0 Å². The van der Waals surface area contributed by atoms with Crippen LogP contribution in [-0.2, 0) is 0 Å². The Kier molecular flexibility index (Phi) is 5.20. The third-order valence-electron chi connectivity index (χ3n) is 9.72. The first-order chi connectivity index (χ1) is 26.4. The van der Waals surface area contributed by atoms with Crippen molar-refractivity contribution in [1.29, 1.82) is 0 Å². The third-order valence-corrected chi connectivity index (χ3v) is 9.72. The molecule has 228 valence electrons. The SMILES string of the molecule is [2H]c1c([2H])c([2H])c(-c2ccc3cc4c(cc3c2)oc2cccc(-c3c5ccccc5c(-c5ccccc5-c5ccccc5)c5ccccc35)c24)c([2H])c1[2H]. The number of furan rings is 1. The van der Waals surface area contributed by atoms with Crippen molar-refractivity contribution in [3.63, 3.8) is 0 Å². The molecule has 0 unspecified atom stereocenters. The number of fused-ring (bicyclic) bond motifs is 6. The minimum absolute atomic E-state index is 0.184. The van der Waals surface area contributed by atoms with E-state index < -0.39 is 6.04 Å². The molecule has 1 aromatic heterocycles. The smallest absolute Gasteiger partial charge is 0.136 e. The van der Waals surface area contributed by atoms with Crippen LogP contribution in [0.1, 0.15) is 6.85 Å². The van der Waals surface area contributed by atoms with Gasteiger partial charge in [0.1, 0.15) is 11.2 Å². The number of benzene rings is 9. The lowest BCUT2D eigenvalue weighted by Crippen LogP contribution is -1.93. The second kappa shape index (κ2) is 11.1. The summed E-state index contributed by atoms with van der Waals surface area (Å²) in [5.74, 6) is 0. The molecular weight excluding hydrogens is 593 g/mol. The zero-order valence-corrected chi connectivity index (χ0v) is 26.3. The highest BCUT2D eigenvalue weighted by Crippen LogP contribution is 2.48. The summed E-state index contributed by atoms with van der Waals surface area (Å²) in [6, 6.07) is 51.1. The van der Waals surface area contributed by atoms with E-state index in [2.05, 4.69) is 121 Å². The molecule has 49 heavy (non-hydrogen) atoms. The van der Waals surface area contributed by atoms with Crippen LogP contribution < -0.4 is 0 Å². The van der Waals surface area contributed by atoms with E-state index >= 15 is 0 Å². The Balaban J connectivity index is 1.23. The first kappa shape index (κ1) is 23.0. The Bertz CT molecular complexity index is 3080. The monoisotopic (exact) mass is 627 g/mol. The van der Waals surface area contributed by atoms with Crippen LogP contribution in [0.2, 0.25) is 0 Å². The topological polar surface area (TPSA) is 13.1 Å². The molecule has 0 saturated carbocycles. The lowest BCUT2D eigenvalue weighted by Gasteiger charge is -2.20. The van der Waals surface area contributed by atoms with E-state index in [1.165, 1.54) is 33.0 Å². The average Bonchev–Trinajstić information content (AvgIpc) is 3.58. The fraction of sp³-hybridized carbons (Fsp3) is 0. The molecular formula is C48H30O. The Morgan fingerprint density at radius 3 is 1.69 bits per heavy atom. The summed E-state index contributed by atoms with van der Waals surface area (Å²) in [5.41, 5.74) is 9.20. The molecule has 0 spiro atoms. The van der Waals surface area contributed by atoms with E-state index in [0.29, 0.717) is 11.1 Å². The van der Waals surface area contributed by atoms with Crippen molar-refractivity contribution in [1.82, 2.24) is 0 Å². The molecule has 0 radical (unpaired) electrons. The van der Waals surface area contributed by atoms with Gasteiger partial charge in [-0.05, 0) is 101 Å². The number of hydrogen-bond acceptors (Lipinski definition) is 1. The quantitative estimate of drug-likeness (QED) is 0.177. The standard InChI is InChI=1S/C48H30O/c1-3-14-31(15-4-1)33-26-27-34-29-43-45(30-35(34)28-33)49-44-25-13-24-42(48(43)44)47-40-22-11-9-20-38(40)46(39-21-10-12-23-41(39)47)37-19-8-7-18-36(37)32-16-5-2-6-17-32/h1-30H/i1D,3D,4D,14D,15D. The molecule has 10 rings (SSSR count). The lowest BCUT2D eigenvalue weighted by molar-refractivity contribution is 0.669. The minimum atomic E-state index is -0.401. The van der Waals surface area contributed by atoms with Crippen molar-refractivity contribution in [3.8, 4) is 44.5 Å². The van der Waals surface area contributed by atoms with Gasteiger partial charge in [-0.25, -0.2) is 0 Å². The van der Waals surface area contributed by atoms with E-state index in [1.54, 1.807) is 0 Å². The maximum atomic E-state index is 8.53. The predicted octanol–water partition coefficient (Wildman–Crippen LogP) is 13.7. The summed E-state index contributed by atoms with van der Waals surface area (Å²) in [4.78, 5) is 0. The molecule has 0 saturated heterocycles. The first-order valence-corrected chi connectivity index (χ1v) is 16.4. The van der Waals surface area contributed by atoms with Gasteiger partial charge in [-0.2, -0.15) is 0 Å². The van der Waals surface area contributed by atoms with E-state index in [4.69, 9.17) is 11.3 Å². The molecule has 1 heteroatoms. The van der Waals surface area contributed by atoms with Crippen molar-refractivity contribution in [2.75, 3.05) is 0 Å². The van der Waals surface area contributed by atoms with Crippen LogP contribution in [0, 0.1) is 0 Å². The highest BCUT2D eigenvalue weighted by Gasteiger charge is 2.21. The molecule has 0 aliphatic heterocycles. The van der Waals surface area contributed by atoms with Crippen LogP contribution in [-0.4, -0.2) is 0 Å². The second-order valence-corrected chi connectivity index (χ2v) is 12.4. The van der Waals surface area contributed by atoms with Gasteiger partial charge < -0.3 is 4.42 Å². The molecule has 0 amide bonds. The molecule has 0 aliphatic rings. The van der Waals surface area contributed by atoms with Gasteiger partial charge in [0, 0.05) is 10.8 Å². The van der Waals surface area contributed by atoms with Crippen LogP contribution in [0.25, 0.3) is 98.8 Å². The summed E-state index contributed by atoms with van der Waals surface area (Å²) in [6.07, 6.45) is 0. The molecule has 1 heterocycles. The van der Waals surface area contributed by atoms with Crippen molar-refractivity contribution < 1.29 is 11.3 Å². The summed E-state index contributed by atoms with van der Waals surface area (Å²) in [6.45, 7) is 0. The van der Waals surface area contributed by atoms with Gasteiger partial charge in [0.25, 0.3) is 0 Å². The van der Waals surface area contributed by atoms with Gasteiger partial charge >= 0.3 is 0 Å². The highest BCUT2D eigenvalue weighted by molar-refractivity contribution is 6.26. The van der Waals surface area contributed by atoms with Crippen LogP contribution >= 0.6 is 0 Å². The Labute approximate surface area is 291 Å². The summed E-state index contributed by atoms with van der Waals surface area (Å²) in [5, 5.41) is 8.46. The zero-order chi connectivity index (χ0) is 36.7. The largest absolute Gasteiger partial charge is 0.456 e. The summed E-state index contributed by atoms with van der Waals surface area (Å²) in [7, 11) is 0. The normalized spacial score (nSPS) is 13.1. The first-order valence-electron chi connectivity index (χ1n) is 18.9. The van der Waals surface area contributed by atoms with Gasteiger partial charge in [0.05, 0.1) is 6.85 Å². The maximum absolute atomic E-state index is 8.53. The van der Waals surface area contributed by atoms with Crippen LogP contribution in [0.3, 0.4) is 0 Å². The molecule has 9 aromatic carbocycles. The number of hydrogen-bond donors (Lipinski definition) is 0. The third kappa shape index (κ3) is 4.40. The Morgan fingerprint density at radius 1 is 0.367 bits per heavy atom. The lowest BCUT2D eigenvalue weighted by atomic mass is 9.83. The van der Waals surface area contributed by atoms with E-state index in [1.807, 2.05) is 30.3 Å². The van der Waals surface area contributed by atoms with E-state index in [9.17, 15) is 0 Å². The van der Waals surface area contributed by atoms with Gasteiger partial charge in [-0.1, -0.05) is 158 Å². The van der Waals surface area contributed by atoms with Crippen molar-refractivity contribution in [2.24, 2.45) is 0 Å². The molecule has 0 bridgehead atoms. The molecule has 10 aromatic rings. The van der Waals surface area contributed by atoms with Gasteiger partial charge in [0.15, 0.2) is 0 Å². The van der Waals surface area contributed by atoms with Crippen molar-refractivity contribution in [3.05, 3.63) is 182 Å². The summed E-state index contributed by atoms with van der Waals surface area (Å²) >= 11 is 0. The predicted molar refractivity (Wildman–Crippen MR) is 208 cm³/mol. The minimum Gasteiger partial charge on any atom is -0.456 e. The fourth-order valence-corrected chi connectivity index (χ4v) is 7.61.